The Hall–Kier alpha value is -2.35. The van der Waals surface area contributed by atoms with Gasteiger partial charge in [-0.05, 0) is 24.6 Å². The fourth-order valence-electron chi connectivity index (χ4n) is 3.16. The average Bonchev–Trinajstić information content (AvgIpc) is 3.19. The minimum Gasteiger partial charge on any atom is -0.442 e. The van der Waals surface area contributed by atoms with Crippen molar-refractivity contribution in [3.63, 3.8) is 0 Å². The SMILES string of the molecule is COC1CCN(c2ccc(N3C[C@H](CNC(C)=O)OC3=O)cc2F)C1. The summed E-state index contributed by atoms with van der Waals surface area (Å²) in [5.41, 5.74) is 0.949. The molecule has 0 aliphatic carbocycles. The van der Waals surface area contributed by atoms with Gasteiger partial charge in [0, 0.05) is 27.1 Å². The van der Waals surface area contributed by atoms with Crippen molar-refractivity contribution in [2.24, 2.45) is 0 Å². The van der Waals surface area contributed by atoms with Crippen LogP contribution in [0.5, 0.6) is 0 Å². The fourth-order valence-corrected chi connectivity index (χ4v) is 3.16. The van der Waals surface area contributed by atoms with Crippen molar-refractivity contribution in [1.29, 1.82) is 0 Å². The number of halogens is 1. The molecule has 2 fully saturated rings. The second-order valence-corrected chi connectivity index (χ2v) is 6.28. The highest BCUT2D eigenvalue weighted by atomic mass is 19.1. The average molecular weight is 351 g/mol. The first-order valence-corrected chi connectivity index (χ1v) is 8.28. The maximum absolute atomic E-state index is 14.5. The first-order chi connectivity index (χ1) is 12.0. The minimum absolute atomic E-state index is 0.113. The molecular weight excluding hydrogens is 329 g/mol. The number of amides is 2. The van der Waals surface area contributed by atoms with E-state index in [2.05, 4.69) is 5.32 Å². The van der Waals surface area contributed by atoms with E-state index >= 15 is 0 Å². The van der Waals surface area contributed by atoms with Gasteiger partial charge in [-0.1, -0.05) is 0 Å². The molecule has 7 nitrogen and oxygen atoms in total. The van der Waals surface area contributed by atoms with Crippen LogP contribution in [-0.2, 0) is 14.3 Å². The third-order valence-electron chi connectivity index (χ3n) is 4.51. The number of carbonyl (C=O) groups excluding carboxylic acids is 2. The van der Waals surface area contributed by atoms with Crippen LogP contribution in [0.2, 0.25) is 0 Å². The van der Waals surface area contributed by atoms with Crippen LogP contribution in [0, 0.1) is 5.82 Å². The highest BCUT2D eigenvalue weighted by Gasteiger charge is 2.33. The van der Waals surface area contributed by atoms with Gasteiger partial charge in [0.1, 0.15) is 11.9 Å². The summed E-state index contributed by atoms with van der Waals surface area (Å²) in [6.07, 6.45) is -0.00786. The number of hydrogen-bond donors (Lipinski definition) is 1. The number of methoxy groups -OCH3 is 1. The van der Waals surface area contributed by atoms with Crippen LogP contribution >= 0.6 is 0 Å². The number of ether oxygens (including phenoxy) is 2. The van der Waals surface area contributed by atoms with E-state index in [-0.39, 0.29) is 30.9 Å². The zero-order valence-corrected chi connectivity index (χ0v) is 14.3. The van der Waals surface area contributed by atoms with E-state index in [1.807, 2.05) is 4.90 Å². The maximum Gasteiger partial charge on any atom is 0.414 e. The summed E-state index contributed by atoms with van der Waals surface area (Å²) in [5, 5.41) is 2.61. The Morgan fingerprint density at radius 2 is 2.24 bits per heavy atom. The van der Waals surface area contributed by atoms with E-state index in [1.165, 1.54) is 17.9 Å². The second-order valence-electron chi connectivity index (χ2n) is 6.28. The largest absolute Gasteiger partial charge is 0.442 e. The molecule has 2 atom stereocenters. The number of rotatable bonds is 5. The zero-order chi connectivity index (χ0) is 18.0. The van der Waals surface area contributed by atoms with Crippen molar-refractivity contribution in [3.8, 4) is 0 Å². The molecule has 2 aliphatic heterocycles. The van der Waals surface area contributed by atoms with Crippen molar-refractivity contribution in [2.75, 3.05) is 43.1 Å². The third-order valence-corrected chi connectivity index (χ3v) is 4.51. The molecule has 1 aromatic rings. The zero-order valence-electron chi connectivity index (χ0n) is 14.3. The van der Waals surface area contributed by atoms with Crippen molar-refractivity contribution in [3.05, 3.63) is 24.0 Å². The molecule has 0 saturated carbocycles. The molecule has 3 rings (SSSR count). The molecule has 2 heterocycles. The van der Waals surface area contributed by atoms with Gasteiger partial charge in [-0.3, -0.25) is 9.69 Å². The Morgan fingerprint density at radius 1 is 1.44 bits per heavy atom. The first kappa shape index (κ1) is 17.5. The van der Waals surface area contributed by atoms with Gasteiger partial charge in [0.25, 0.3) is 0 Å². The van der Waals surface area contributed by atoms with E-state index in [0.717, 1.165) is 13.0 Å². The van der Waals surface area contributed by atoms with Crippen LogP contribution in [0.15, 0.2) is 18.2 Å². The lowest BCUT2D eigenvalue weighted by atomic mass is 10.2. The number of carbonyl (C=O) groups is 2. The number of benzene rings is 1. The lowest BCUT2D eigenvalue weighted by Gasteiger charge is -2.21. The quantitative estimate of drug-likeness (QED) is 0.871. The van der Waals surface area contributed by atoms with Gasteiger partial charge in [-0.15, -0.1) is 0 Å². The lowest BCUT2D eigenvalue weighted by Crippen LogP contribution is -2.33. The van der Waals surface area contributed by atoms with E-state index in [0.29, 0.717) is 17.9 Å². The summed E-state index contributed by atoms with van der Waals surface area (Å²) in [7, 11) is 1.66. The third kappa shape index (κ3) is 3.84. The van der Waals surface area contributed by atoms with E-state index in [4.69, 9.17) is 9.47 Å². The van der Waals surface area contributed by atoms with Crippen molar-refractivity contribution in [1.82, 2.24) is 5.32 Å². The van der Waals surface area contributed by atoms with Crippen LogP contribution < -0.4 is 15.1 Å². The van der Waals surface area contributed by atoms with Gasteiger partial charge >= 0.3 is 6.09 Å². The van der Waals surface area contributed by atoms with E-state index in [1.54, 1.807) is 19.2 Å². The van der Waals surface area contributed by atoms with Gasteiger partial charge in [-0.25, -0.2) is 9.18 Å². The molecule has 2 amide bonds. The van der Waals surface area contributed by atoms with E-state index < -0.39 is 12.2 Å². The molecular formula is C17H22FN3O4. The Labute approximate surface area is 145 Å². The Bertz CT molecular complexity index is 669. The number of nitrogens with one attached hydrogen (secondary N) is 1. The summed E-state index contributed by atoms with van der Waals surface area (Å²) in [5.74, 6) is -0.572. The molecule has 8 heteroatoms. The Morgan fingerprint density at radius 3 is 2.88 bits per heavy atom. The van der Waals surface area contributed by atoms with Crippen LogP contribution in [0.3, 0.4) is 0 Å². The predicted molar refractivity (Wildman–Crippen MR) is 90.3 cm³/mol. The lowest BCUT2D eigenvalue weighted by molar-refractivity contribution is -0.119. The molecule has 2 aliphatic rings. The van der Waals surface area contributed by atoms with Gasteiger partial charge in [0.15, 0.2) is 0 Å². The van der Waals surface area contributed by atoms with Gasteiger partial charge in [-0.2, -0.15) is 0 Å². The molecule has 0 aromatic heterocycles. The highest BCUT2D eigenvalue weighted by molar-refractivity contribution is 5.90. The Balaban J connectivity index is 1.68. The van der Waals surface area contributed by atoms with Crippen molar-refractivity contribution in [2.45, 2.75) is 25.6 Å². The van der Waals surface area contributed by atoms with E-state index in [9.17, 15) is 14.0 Å². The molecule has 0 bridgehead atoms. The summed E-state index contributed by atoms with van der Waals surface area (Å²) in [6, 6.07) is 4.73. The standard InChI is InChI=1S/C17H22FN3O4/c1-11(22)19-8-14-10-21(17(23)25-14)12-3-4-16(15(18)7-12)20-6-5-13(9-20)24-2/h3-4,7,13-14H,5-6,8-10H2,1-2H3,(H,19,22)/t13?,14-/m0/s1. The molecule has 136 valence electrons. The van der Waals surface area contributed by atoms with Crippen molar-refractivity contribution >= 4 is 23.4 Å². The van der Waals surface area contributed by atoms with Crippen LogP contribution in [0.25, 0.3) is 0 Å². The predicted octanol–water partition coefficient (Wildman–Crippen LogP) is 1.51. The van der Waals surface area contributed by atoms with Gasteiger partial charge in [0.05, 0.1) is 30.6 Å². The summed E-state index contributed by atoms with van der Waals surface area (Å²) in [4.78, 5) is 26.3. The molecule has 1 unspecified atom stereocenters. The molecule has 1 aromatic carbocycles. The van der Waals surface area contributed by atoms with Crippen molar-refractivity contribution < 1.29 is 23.5 Å². The molecule has 0 radical (unpaired) electrons. The monoisotopic (exact) mass is 351 g/mol. The number of cyclic esters (lactones) is 1. The summed E-state index contributed by atoms with van der Waals surface area (Å²) >= 11 is 0. The highest BCUT2D eigenvalue weighted by Crippen LogP contribution is 2.30. The van der Waals surface area contributed by atoms with Gasteiger partial charge in [0.2, 0.25) is 5.91 Å². The topological polar surface area (TPSA) is 71.1 Å². The van der Waals surface area contributed by atoms with Gasteiger partial charge < -0.3 is 19.7 Å². The van der Waals surface area contributed by atoms with Crippen LogP contribution in [0.1, 0.15) is 13.3 Å². The summed E-state index contributed by atoms with van der Waals surface area (Å²) < 4.78 is 25.1. The number of anilines is 2. The molecule has 25 heavy (non-hydrogen) atoms. The second kappa shape index (κ2) is 7.26. The maximum atomic E-state index is 14.5. The number of hydrogen-bond acceptors (Lipinski definition) is 5. The first-order valence-electron chi connectivity index (χ1n) is 8.28. The smallest absolute Gasteiger partial charge is 0.414 e. The molecule has 1 N–H and O–H groups in total. The van der Waals surface area contributed by atoms with Crippen LogP contribution in [0.4, 0.5) is 20.6 Å². The fraction of sp³-hybridized carbons (Fsp3) is 0.529. The molecule has 2 saturated heterocycles. The minimum atomic E-state index is -0.539. The summed E-state index contributed by atoms with van der Waals surface area (Å²) in [6.45, 7) is 3.30. The normalized spacial score (nSPS) is 23.1. The van der Waals surface area contributed by atoms with Crippen LogP contribution in [-0.4, -0.2) is 57.5 Å². The molecule has 0 spiro atoms. The number of nitrogens with zero attached hydrogens (tertiary/aromatic N) is 2. The Kier molecular flexibility index (Phi) is 5.08.